The molecule has 4 N–H and O–H groups in total. The lowest BCUT2D eigenvalue weighted by atomic mass is 10.1. The standard InChI is InChI=1S/C21H25N6O8P/c1-4-22-19(28)14-7-6-13(3)16(8-14)27(21(30)34-12-35-36(31,32)33)18-17-9-15(20(29)23-5-2)10-26(17)25-11-24-18/h6-11H,4-5,12H2,1-3H3,(H,22,28)(H,23,29)(H2,31,32,33). The Kier molecular flexibility index (Phi) is 8.37. The summed E-state index contributed by atoms with van der Waals surface area (Å²) in [6.45, 7) is 4.93. The summed E-state index contributed by atoms with van der Waals surface area (Å²) < 4.78 is 21.5. The zero-order chi connectivity index (χ0) is 26.5. The predicted molar refractivity (Wildman–Crippen MR) is 127 cm³/mol. The van der Waals surface area contributed by atoms with Gasteiger partial charge in [0.05, 0.1) is 11.3 Å². The van der Waals surface area contributed by atoms with Crippen molar-refractivity contribution in [1.82, 2.24) is 25.2 Å². The molecule has 0 spiro atoms. The fourth-order valence-corrected chi connectivity index (χ4v) is 3.43. The predicted octanol–water partition coefficient (Wildman–Crippen LogP) is 1.88. The third-order valence-electron chi connectivity index (χ3n) is 4.83. The smallest absolute Gasteiger partial charge is 0.421 e. The maximum atomic E-state index is 13.2. The van der Waals surface area contributed by atoms with Crippen molar-refractivity contribution in [3.05, 3.63) is 53.5 Å². The number of ether oxygens (including phenoxy) is 1. The van der Waals surface area contributed by atoms with Crippen LogP contribution in [0.4, 0.5) is 16.3 Å². The zero-order valence-corrected chi connectivity index (χ0v) is 20.6. The first-order valence-electron chi connectivity index (χ1n) is 10.7. The summed E-state index contributed by atoms with van der Waals surface area (Å²) >= 11 is 0. The number of fused-ring (bicyclic) bond motifs is 1. The van der Waals surface area contributed by atoms with E-state index in [0.29, 0.717) is 18.7 Å². The summed E-state index contributed by atoms with van der Waals surface area (Å²) in [5.41, 5.74) is 1.48. The number of amides is 3. The number of phosphoric acid groups is 1. The van der Waals surface area contributed by atoms with Crippen LogP contribution in [0.1, 0.15) is 40.1 Å². The molecule has 0 bridgehead atoms. The molecule has 1 aromatic carbocycles. The van der Waals surface area contributed by atoms with Crippen LogP contribution in [0.2, 0.25) is 0 Å². The Morgan fingerprint density at radius 3 is 2.39 bits per heavy atom. The Morgan fingerprint density at radius 1 is 1.08 bits per heavy atom. The molecule has 0 atom stereocenters. The highest BCUT2D eigenvalue weighted by molar-refractivity contribution is 7.46. The van der Waals surface area contributed by atoms with Crippen molar-refractivity contribution in [2.45, 2.75) is 20.8 Å². The molecule has 0 aliphatic carbocycles. The molecular weight excluding hydrogens is 495 g/mol. The number of aryl methyl sites for hydroxylation is 1. The molecule has 0 fully saturated rings. The van der Waals surface area contributed by atoms with E-state index in [1.165, 1.54) is 22.8 Å². The van der Waals surface area contributed by atoms with Gasteiger partial charge in [0.1, 0.15) is 11.8 Å². The van der Waals surface area contributed by atoms with E-state index >= 15 is 0 Å². The minimum atomic E-state index is -4.91. The molecule has 3 amide bonds. The van der Waals surface area contributed by atoms with Crippen LogP contribution < -0.4 is 15.5 Å². The van der Waals surface area contributed by atoms with Crippen LogP contribution in [0.5, 0.6) is 0 Å². The molecule has 15 heteroatoms. The number of carbonyl (C=O) groups is 3. The van der Waals surface area contributed by atoms with Crippen molar-refractivity contribution in [2.75, 3.05) is 24.8 Å². The Bertz CT molecular complexity index is 1340. The van der Waals surface area contributed by atoms with Gasteiger partial charge in [0.2, 0.25) is 6.79 Å². The lowest BCUT2D eigenvalue weighted by Gasteiger charge is -2.24. The van der Waals surface area contributed by atoms with E-state index in [1.807, 2.05) is 0 Å². The Balaban J connectivity index is 2.14. The fraction of sp³-hybridized carbons (Fsp3) is 0.286. The second-order valence-corrected chi connectivity index (χ2v) is 8.58. The summed E-state index contributed by atoms with van der Waals surface area (Å²) in [5.74, 6) is -0.767. The van der Waals surface area contributed by atoms with Crippen LogP contribution in [0.15, 0.2) is 36.8 Å². The highest BCUT2D eigenvalue weighted by atomic mass is 31.2. The Labute approximate surface area is 205 Å². The number of hydrogen-bond donors (Lipinski definition) is 4. The van der Waals surface area contributed by atoms with Gasteiger partial charge in [-0.2, -0.15) is 5.10 Å². The van der Waals surface area contributed by atoms with Crippen molar-refractivity contribution in [1.29, 1.82) is 0 Å². The molecule has 0 saturated carbocycles. The number of rotatable bonds is 9. The van der Waals surface area contributed by atoms with Crippen molar-refractivity contribution in [2.24, 2.45) is 0 Å². The van der Waals surface area contributed by atoms with Crippen LogP contribution in [-0.2, 0) is 13.8 Å². The third kappa shape index (κ3) is 6.23. The van der Waals surface area contributed by atoms with Gasteiger partial charge in [-0.05, 0) is 44.5 Å². The van der Waals surface area contributed by atoms with Crippen molar-refractivity contribution in [3.8, 4) is 0 Å². The van der Waals surface area contributed by atoms with Gasteiger partial charge >= 0.3 is 13.9 Å². The summed E-state index contributed by atoms with van der Waals surface area (Å²) in [5, 5.41) is 9.42. The SMILES string of the molecule is CCNC(=O)c1ccc(C)c(N(C(=O)OCOP(=O)(O)O)c2ncnn3cc(C(=O)NCC)cc23)c1. The number of benzene rings is 1. The van der Waals surface area contributed by atoms with E-state index in [1.54, 1.807) is 32.9 Å². The Morgan fingerprint density at radius 2 is 1.75 bits per heavy atom. The number of nitrogens with one attached hydrogen (secondary N) is 2. The molecule has 0 aliphatic rings. The fourth-order valence-electron chi connectivity index (χ4n) is 3.24. The minimum Gasteiger partial charge on any atom is -0.421 e. The van der Waals surface area contributed by atoms with Gasteiger partial charge in [-0.25, -0.2) is 28.3 Å². The van der Waals surface area contributed by atoms with Gasteiger partial charge in [-0.1, -0.05) is 6.07 Å². The summed E-state index contributed by atoms with van der Waals surface area (Å²) in [4.78, 5) is 61.0. The molecule has 3 aromatic rings. The molecule has 2 heterocycles. The van der Waals surface area contributed by atoms with Gasteiger partial charge in [0, 0.05) is 24.8 Å². The molecule has 0 unspecified atom stereocenters. The molecule has 36 heavy (non-hydrogen) atoms. The van der Waals surface area contributed by atoms with E-state index in [4.69, 9.17) is 14.5 Å². The van der Waals surface area contributed by atoms with Crippen molar-refractivity contribution >= 4 is 42.8 Å². The van der Waals surface area contributed by atoms with E-state index in [-0.39, 0.29) is 40.0 Å². The largest absolute Gasteiger partial charge is 0.472 e. The Hall–Kier alpha value is -3.84. The number of phosphoric ester groups is 1. The first kappa shape index (κ1) is 26.8. The maximum absolute atomic E-state index is 13.2. The van der Waals surface area contributed by atoms with E-state index in [0.717, 1.165) is 11.2 Å². The number of hydrogen-bond acceptors (Lipinski definition) is 8. The molecule has 192 valence electrons. The van der Waals surface area contributed by atoms with E-state index in [9.17, 15) is 18.9 Å². The summed E-state index contributed by atoms with van der Waals surface area (Å²) in [6.07, 6.45) is 1.49. The van der Waals surface area contributed by atoms with Crippen LogP contribution in [0, 0.1) is 6.92 Å². The monoisotopic (exact) mass is 520 g/mol. The second-order valence-electron chi connectivity index (χ2n) is 7.35. The molecule has 0 aliphatic heterocycles. The van der Waals surface area contributed by atoms with Crippen molar-refractivity contribution < 1.29 is 38.0 Å². The van der Waals surface area contributed by atoms with Crippen LogP contribution in [-0.4, -0.2) is 62.2 Å². The van der Waals surface area contributed by atoms with Gasteiger partial charge in [-0.3, -0.25) is 9.59 Å². The first-order valence-corrected chi connectivity index (χ1v) is 12.3. The normalized spacial score (nSPS) is 11.2. The average Bonchev–Trinajstić information content (AvgIpc) is 3.25. The molecule has 0 radical (unpaired) electrons. The van der Waals surface area contributed by atoms with Crippen LogP contribution >= 0.6 is 7.82 Å². The lowest BCUT2D eigenvalue weighted by molar-refractivity contribution is 0.0445. The quantitative estimate of drug-likeness (QED) is 0.240. The van der Waals surface area contributed by atoms with Crippen LogP contribution in [0.3, 0.4) is 0 Å². The number of aromatic nitrogens is 3. The molecule has 2 aromatic heterocycles. The third-order valence-corrected chi connectivity index (χ3v) is 5.27. The number of carbonyl (C=O) groups excluding carboxylic acids is 3. The van der Waals surface area contributed by atoms with Crippen molar-refractivity contribution in [3.63, 3.8) is 0 Å². The topological polar surface area (TPSA) is 185 Å². The molecule has 3 rings (SSSR count). The molecule has 0 saturated heterocycles. The average molecular weight is 520 g/mol. The maximum Gasteiger partial charge on any atom is 0.472 e. The minimum absolute atomic E-state index is 0.0159. The van der Waals surface area contributed by atoms with Gasteiger partial charge in [-0.15, -0.1) is 0 Å². The van der Waals surface area contributed by atoms with E-state index < -0.39 is 20.7 Å². The zero-order valence-electron chi connectivity index (χ0n) is 19.7. The van der Waals surface area contributed by atoms with Gasteiger partial charge < -0.3 is 25.2 Å². The summed E-state index contributed by atoms with van der Waals surface area (Å²) in [7, 11) is -4.91. The van der Waals surface area contributed by atoms with Gasteiger partial charge in [0.25, 0.3) is 11.8 Å². The highest BCUT2D eigenvalue weighted by Crippen LogP contribution is 2.36. The van der Waals surface area contributed by atoms with Crippen LogP contribution in [0.25, 0.3) is 5.52 Å². The molecule has 14 nitrogen and oxygen atoms in total. The number of anilines is 2. The highest BCUT2D eigenvalue weighted by Gasteiger charge is 2.28. The first-order chi connectivity index (χ1) is 17.1. The second kappa shape index (κ2) is 11.3. The van der Waals surface area contributed by atoms with E-state index in [2.05, 4.69) is 25.2 Å². The number of nitrogens with zero attached hydrogens (tertiary/aromatic N) is 4. The lowest BCUT2D eigenvalue weighted by Crippen LogP contribution is -2.30. The summed E-state index contributed by atoms with van der Waals surface area (Å²) in [6, 6.07) is 6.10. The van der Waals surface area contributed by atoms with Gasteiger partial charge in [0.15, 0.2) is 5.82 Å². The molecular formula is C21H25N6O8P.